The lowest BCUT2D eigenvalue weighted by atomic mass is 10.0. The van der Waals surface area contributed by atoms with Gasteiger partial charge in [0.25, 0.3) is 0 Å². The molecule has 1 atom stereocenters. The SMILES string of the molecule is CC(CN(C)C)C1=CC=CC1. The van der Waals surface area contributed by atoms with Crippen LogP contribution in [0.5, 0.6) is 0 Å². The van der Waals surface area contributed by atoms with Crippen LogP contribution in [0.3, 0.4) is 0 Å². The van der Waals surface area contributed by atoms with Gasteiger partial charge in [-0.1, -0.05) is 30.7 Å². The lowest BCUT2D eigenvalue weighted by molar-refractivity contribution is 0.362. The Hall–Kier alpha value is -0.560. The number of hydrogen-bond acceptors (Lipinski definition) is 1. The Bertz CT molecular complexity index is 177. The molecule has 1 unspecified atom stereocenters. The van der Waals surface area contributed by atoms with E-state index in [-0.39, 0.29) is 0 Å². The fourth-order valence-electron chi connectivity index (χ4n) is 1.49. The van der Waals surface area contributed by atoms with E-state index < -0.39 is 0 Å². The van der Waals surface area contributed by atoms with Crippen LogP contribution < -0.4 is 0 Å². The van der Waals surface area contributed by atoms with E-state index in [4.69, 9.17) is 0 Å². The Morgan fingerprint density at radius 1 is 1.55 bits per heavy atom. The van der Waals surface area contributed by atoms with Crippen LogP contribution in [-0.4, -0.2) is 25.5 Å². The second kappa shape index (κ2) is 3.72. The molecule has 62 valence electrons. The van der Waals surface area contributed by atoms with Crippen molar-refractivity contribution < 1.29 is 0 Å². The predicted molar refractivity (Wildman–Crippen MR) is 49.6 cm³/mol. The van der Waals surface area contributed by atoms with E-state index >= 15 is 0 Å². The maximum absolute atomic E-state index is 2.29. The molecule has 11 heavy (non-hydrogen) atoms. The van der Waals surface area contributed by atoms with Gasteiger partial charge in [0.05, 0.1) is 0 Å². The first-order valence-corrected chi connectivity index (χ1v) is 4.20. The van der Waals surface area contributed by atoms with E-state index in [0.29, 0.717) is 5.92 Å². The van der Waals surface area contributed by atoms with Gasteiger partial charge < -0.3 is 4.90 Å². The average Bonchev–Trinajstić information content (AvgIpc) is 2.35. The van der Waals surface area contributed by atoms with E-state index in [1.165, 1.54) is 0 Å². The predicted octanol–water partition coefficient (Wildman–Crippen LogP) is 2.07. The van der Waals surface area contributed by atoms with Gasteiger partial charge in [0.15, 0.2) is 0 Å². The second-order valence-corrected chi connectivity index (χ2v) is 3.54. The van der Waals surface area contributed by atoms with Gasteiger partial charge in [0.1, 0.15) is 0 Å². The first kappa shape index (κ1) is 8.54. The fraction of sp³-hybridized carbons (Fsp3) is 0.600. The van der Waals surface area contributed by atoms with Crippen molar-refractivity contribution in [1.29, 1.82) is 0 Å². The third kappa shape index (κ3) is 2.51. The summed E-state index contributed by atoms with van der Waals surface area (Å²) in [5.74, 6) is 0.708. The molecule has 0 heterocycles. The molecular weight excluding hydrogens is 134 g/mol. The third-order valence-corrected chi connectivity index (χ3v) is 2.07. The Kier molecular flexibility index (Phi) is 2.89. The Morgan fingerprint density at radius 3 is 2.73 bits per heavy atom. The van der Waals surface area contributed by atoms with Crippen molar-refractivity contribution in [3.05, 3.63) is 23.8 Å². The van der Waals surface area contributed by atoms with Crippen molar-refractivity contribution >= 4 is 0 Å². The molecule has 1 nitrogen and oxygen atoms in total. The molecule has 0 radical (unpaired) electrons. The van der Waals surface area contributed by atoms with Gasteiger partial charge in [-0.05, 0) is 26.4 Å². The zero-order valence-electron chi connectivity index (χ0n) is 7.67. The fourth-order valence-corrected chi connectivity index (χ4v) is 1.49. The summed E-state index contributed by atoms with van der Waals surface area (Å²) in [5, 5.41) is 0. The van der Waals surface area contributed by atoms with Crippen LogP contribution in [0.25, 0.3) is 0 Å². The molecule has 0 amide bonds. The summed E-state index contributed by atoms with van der Waals surface area (Å²) in [7, 11) is 4.25. The number of nitrogens with zero attached hydrogens (tertiary/aromatic N) is 1. The highest BCUT2D eigenvalue weighted by atomic mass is 15.1. The second-order valence-electron chi connectivity index (χ2n) is 3.54. The third-order valence-electron chi connectivity index (χ3n) is 2.07. The standard InChI is InChI=1S/C10H17N/c1-9(8-11(2)3)10-6-4-5-7-10/h4-6,9H,7-8H2,1-3H3. The van der Waals surface area contributed by atoms with Gasteiger partial charge in [0.2, 0.25) is 0 Å². The zero-order valence-corrected chi connectivity index (χ0v) is 7.67. The molecule has 0 spiro atoms. The van der Waals surface area contributed by atoms with Crippen LogP contribution in [0.2, 0.25) is 0 Å². The summed E-state index contributed by atoms with van der Waals surface area (Å²) in [6, 6.07) is 0. The van der Waals surface area contributed by atoms with Crippen LogP contribution in [-0.2, 0) is 0 Å². The quantitative estimate of drug-likeness (QED) is 0.597. The Labute approximate surface area is 69.4 Å². The molecule has 0 aliphatic heterocycles. The molecule has 0 aromatic rings. The molecule has 0 saturated heterocycles. The van der Waals surface area contributed by atoms with E-state index in [9.17, 15) is 0 Å². The van der Waals surface area contributed by atoms with Crippen molar-refractivity contribution in [2.75, 3.05) is 20.6 Å². The van der Waals surface area contributed by atoms with Crippen molar-refractivity contribution in [3.63, 3.8) is 0 Å². The first-order chi connectivity index (χ1) is 5.20. The smallest absolute Gasteiger partial charge is 0.00385 e. The minimum Gasteiger partial charge on any atom is -0.309 e. The van der Waals surface area contributed by atoms with Crippen LogP contribution in [0.1, 0.15) is 13.3 Å². The summed E-state index contributed by atoms with van der Waals surface area (Å²) >= 11 is 0. The van der Waals surface area contributed by atoms with Gasteiger partial charge in [-0.25, -0.2) is 0 Å². The maximum atomic E-state index is 2.29. The number of hydrogen-bond donors (Lipinski definition) is 0. The molecule has 0 aromatic heterocycles. The Balaban J connectivity index is 2.36. The molecule has 0 aromatic carbocycles. The largest absolute Gasteiger partial charge is 0.309 e. The van der Waals surface area contributed by atoms with Crippen molar-refractivity contribution in [1.82, 2.24) is 4.90 Å². The summed E-state index contributed by atoms with van der Waals surface area (Å²) in [6.07, 6.45) is 7.78. The minimum atomic E-state index is 0.708. The molecular formula is C10H17N. The summed E-state index contributed by atoms with van der Waals surface area (Å²) in [4.78, 5) is 2.24. The maximum Gasteiger partial charge on any atom is 0.00385 e. The van der Waals surface area contributed by atoms with Gasteiger partial charge in [0, 0.05) is 6.54 Å². The average molecular weight is 151 g/mol. The van der Waals surface area contributed by atoms with E-state index in [2.05, 4.69) is 44.1 Å². The van der Waals surface area contributed by atoms with Crippen molar-refractivity contribution in [2.45, 2.75) is 13.3 Å². The van der Waals surface area contributed by atoms with Crippen molar-refractivity contribution in [3.8, 4) is 0 Å². The molecule has 0 saturated carbocycles. The molecule has 0 bridgehead atoms. The molecule has 0 fully saturated rings. The normalized spacial score (nSPS) is 19.1. The Morgan fingerprint density at radius 2 is 2.27 bits per heavy atom. The summed E-state index contributed by atoms with van der Waals surface area (Å²) in [6.45, 7) is 3.45. The first-order valence-electron chi connectivity index (χ1n) is 4.20. The van der Waals surface area contributed by atoms with Crippen LogP contribution in [0.15, 0.2) is 23.8 Å². The minimum absolute atomic E-state index is 0.708. The lowest BCUT2D eigenvalue weighted by Crippen LogP contribution is -2.20. The molecule has 0 N–H and O–H groups in total. The number of allylic oxidation sites excluding steroid dienone is 3. The summed E-state index contributed by atoms with van der Waals surface area (Å²) in [5.41, 5.74) is 1.57. The molecule has 1 heteroatoms. The van der Waals surface area contributed by atoms with E-state index in [0.717, 1.165) is 13.0 Å². The van der Waals surface area contributed by atoms with E-state index in [1.807, 2.05) is 0 Å². The van der Waals surface area contributed by atoms with Crippen LogP contribution in [0.4, 0.5) is 0 Å². The van der Waals surface area contributed by atoms with Crippen molar-refractivity contribution in [2.24, 2.45) is 5.92 Å². The highest BCUT2D eigenvalue weighted by Gasteiger charge is 2.09. The van der Waals surface area contributed by atoms with Gasteiger partial charge >= 0.3 is 0 Å². The summed E-state index contributed by atoms with van der Waals surface area (Å²) < 4.78 is 0. The highest BCUT2D eigenvalue weighted by Crippen LogP contribution is 2.19. The van der Waals surface area contributed by atoms with E-state index in [1.54, 1.807) is 5.57 Å². The molecule has 1 rings (SSSR count). The van der Waals surface area contributed by atoms with Gasteiger partial charge in [-0.15, -0.1) is 0 Å². The lowest BCUT2D eigenvalue weighted by Gasteiger charge is -2.17. The zero-order chi connectivity index (χ0) is 8.27. The molecule has 1 aliphatic carbocycles. The van der Waals surface area contributed by atoms with Crippen LogP contribution in [0, 0.1) is 5.92 Å². The molecule has 1 aliphatic rings. The number of rotatable bonds is 3. The van der Waals surface area contributed by atoms with Crippen LogP contribution >= 0.6 is 0 Å². The van der Waals surface area contributed by atoms with Gasteiger partial charge in [-0.3, -0.25) is 0 Å². The highest BCUT2D eigenvalue weighted by molar-refractivity contribution is 5.24. The van der Waals surface area contributed by atoms with Gasteiger partial charge in [-0.2, -0.15) is 0 Å². The monoisotopic (exact) mass is 151 g/mol. The topological polar surface area (TPSA) is 3.24 Å².